The van der Waals surface area contributed by atoms with Crippen molar-refractivity contribution in [3.05, 3.63) is 17.5 Å². The molecule has 0 spiro atoms. The lowest BCUT2D eigenvalue weighted by Gasteiger charge is -2.32. The van der Waals surface area contributed by atoms with Gasteiger partial charge in [0.05, 0.1) is 5.92 Å². The molecule has 1 heterocycles. The average Bonchev–Trinajstić information content (AvgIpc) is 2.70. The zero-order valence-electron chi connectivity index (χ0n) is 11.4. The Labute approximate surface area is 111 Å². The van der Waals surface area contributed by atoms with E-state index in [1.54, 1.807) is 6.07 Å². The van der Waals surface area contributed by atoms with Gasteiger partial charge in [-0.25, -0.2) is 0 Å². The van der Waals surface area contributed by atoms with Gasteiger partial charge < -0.3 is 10.4 Å². The highest BCUT2D eigenvalue weighted by atomic mass is 16.4. The van der Waals surface area contributed by atoms with Gasteiger partial charge in [-0.1, -0.05) is 20.8 Å². The fourth-order valence-corrected chi connectivity index (χ4v) is 2.02. The molecule has 0 saturated heterocycles. The fraction of sp³-hybridized carbons (Fsp3) is 0.615. The minimum absolute atomic E-state index is 0.0524. The van der Waals surface area contributed by atoms with Crippen LogP contribution in [-0.4, -0.2) is 33.2 Å². The molecule has 1 aromatic heterocycles. The van der Waals surface area contributed by atoms with E-state index in [0.29, 0.717) is 18.5 Å². The van der Waals surface area contributed by atoms with Crippen LogP contribution in [0.4, 0.5) is 0 Å². The van der Waals surface area contributed by atoms with Gasteiger partial charge in [-0.3, -0.25) is 14.7 Å². The Morgan fingerprint density at radius 2 is 2.05 bits per heavy atom. The van der Waals surface area contributed by atoms with E-state index >= 15 is 0 Å². The fourth-order valence-electron chi connectivity index (χ4n) is 2.02. The first kappa shape index (κ1) is 13.6. The summed E-state index contributed by atoms with van der Waals surface area (Å²) in [4.78, 5) is 22.6. The molecule has 1 aliphatic carbocycles. The van der Waals surface area contributed by atoms with Crippen molar-refractivity contribution in [2.45, 2.75) is 45.1 Å². The Morgan fingerprint density at radius 1 is 1.42 bits per heavy atom. The lowest BCUT2D eigenvalue weighted by atomic mass is 9.80. The van der Waals surface area contributed by atoms with E-state index in [1.807, 2.05) is 20.8 Å². The molecule has 0 radical (unpaired) electrons. The molecule has 0 unspecified atom stereocenters. The van der Waals surface area contributed by atoms with Gasteiger partial charge in [0, 0.05) is 17.2 Å². The molecule has 2 rings (SSSR count). The summed E-state index contributed by atoms with van der Waals surface area (Å²) in [5, 5.41) is 18.4. The first-order chi connectivity index (χ1) is 8.77. The van der Waals surface area contributed by atoms with Gasteiger partial charge >= 0.3 is 5.97 Å². The number of carbonyl (C=O) groups excluding carboxylic acids is 1. The monoisotopic (exact) mass is 265 g/mol. The quantitative estimate of drug-likeness (QED) is 0.767. The number of nitrogens with one attached hydrogen (secondary N) is 2. The molecule has 0 aliphatic heterocycles. The number of carboxylic acid groups (broad SMARTS) is 1. The Morgan fingerprint density at radius 3 is 2.53 bits per heavy atom. The van der Waals surface area contributed by atoms with Crippen LogP contribution in [0.1, 0.15) is 49.8 Å². The predicted molar refractivity (Wildman–Crippen MR) is 68.9 cm³/mol. The molecule has 104 valence electrons. The van der Waals surface area contributed by atoms with Crippen LogP contribution >= 0.6 is 0 Å². The van der Waals surface area contributed by atoms with Gasteiger partial charge in [0.25, 0.3) is 5.91 Å². The third kappa shape index (κ3) is 2.94. The lowest BCUT2D eigenvalue weighted by molar-refractivity contribution is -0.145. The molecule has 1 saturated carbocycles. The van der Waals surface area contributed by atoms with E-state index in [9.17, 15) is 9.59 Å². The third-order valence-electron chi connectivity index (χ3n) is 3.44. The second kappa shape index (κ2) is 4.68. The molecule has 19 heavy (non-hydrogen) atoms. The number of carbonyl (C=O) groups is 2. The normalized spacial score (nSPS) is 22.7. The minimum Gasteiger partial charge on any atom is -0.481 e. The standard InChI is InChI=1S/C13H19N3O3/c1-13(2,3)10-6-9(15-16-10)11(17)14-8-4-7(5-8)12(18)19/h6-8H,4-5H2,1-3H3,(H,14,17)(H,15,16)(H,18,19). The molecule has 1 aliphatic rings. The van der Waals surface area contributed by atoms with Crippen molar-refractivity contribution in [1.29, 1.82) is 0 Å². The lowest BCUT2D eigenvalue weighted by Crippen LogP contribution is -2.46. The molecular weight excluding hydrogens is 246 g/mol. The number of H-pyrrole nitrogens is 1. The minimum atomic E-state index is -0.791. The Balaban J connectivity index is 1.91. The van der Waals surface area contributed by atoms with Gasteiger partial charge in [-0.15, -0.1) is 0 Å². The second-order valence-electron chi connectivity index (χ2n) is 6.09. The van der Waals surface area contributed by atoms with E-state index in [2.05, 4.69) is 15.5 Å². The summed E-state index contributed by atoms with van der Waals surface area (Å²) in [7, 11) is 0. The maximum atomic E-state index is 11.9. The van der Waals surface area contributed by atoms with Crippen molar-refractivity contribution >= 4 is 11.9 Å². The molecule has 0 aromatic carbocycles. The van der Waals surface area contributed by atoms with Gasteiger partial charge in [0.1, 0.15) is 5.69 Å². The highest BCUT2D eigenvalue weighted by molar-refractivity contribution is 5.92. The SMILES string of the molecule is CC(C)(C)c1cc(C(=O)NC2CC(C(=O)O)C2)n[nH]1. The highest BCUT2D eigenvalue weighted by Crippen LogP contribution is 2.27. The molecule has 0 bridgehead atoms. The first-order valence-electron chi connectivity index (χ1n) is 6.37. The molecule has 0 atom stereocenters. The summed E-state index contributed by atoms with van der Waals surface area (Å²) in [6, 6.07) is 1.69. The summed E-state index contributed by atoms with van der Waals surface area (Å²) in [6.07, 6.45) is 0.995. The second-order valence-corrected chi connectivity index (χ2v) is 6.09. The van der Waals surface area contributed by atoms with Crippen molar-refractivity contribution in [1.82, 2.24) is 15.5 Å². The first-order valence-corrected chi connectivity index (χ1v) is 6.37. The molecule has 1 fully saturated rings. The van der Waals surface area contributed by atoms with Crippen LogP contribution in [0.3, 0.4) is 0 Å². The van der Waals surface area contributed by atoms with Crippen LogP contribution in [0.2, 0.25) is 0 Å². The predicted octanol–water partition coefficient (Wildman–Crippen LogP) is 1.30. The molecule has 6 heteroatoms. The van der Waals surface area contributed by atoms with E-state index in [-0.39, 0.29) is 23.3 Å². The summed E-state index contributed by atoms with van der Waals surface area (Å²) < 4.78 is 0. The van der Waals surface area contributed by atoms with Crippen LogP contribution in [0.25, 0.3) is 0 Å². The number of amides is 1. The van der Waals surface area contributed by atoms with Gasteiger partial charge in [0.2, 0.25) is 0 Å². The van der Waals surface area contributed by atoms with Crippen molar-refractivity contribution in [3.8, 4) is 0 Å². The average molecular weight is 265 g/mol. The smallest absolute Gasteiger partial charge is 0.306 e. The van der Waals surface area contributed by atoms with E-state index in [0.717, 1.165) is 5.69 Å². The Bertz CT molecular complexity index is 495. The van der Waals surface area contributed by atoms with Crippen LogP contribution in [0.15, 0.2) is 6.07 Å². The zero-order valence-corrected chi connectivity index (χ0v) is 11.4. The van der Waals surface area contributed by atoms with Gasteiger partial charge in [0.15, 0.2) is 0 Å². The molecule has 1 aromatic rings. The topological polar surface area (TPSA) is 95.1 Å². The van der Waals surface area contributed by atoms with Crippen molar-refractivity contribution in [3.63, 3.8) is 0 Å². The summed E-state index contributed by atoms with van der Waals surface area (Å²) in [5.74, 6) is -1.37. The van der Waals surface area contributed by atoms with Crippen LogP contribution in [0, 0.1) is 5.92 Å². The van der Waals surface area contributed by atoms with Crippen LogP contribution < -0.4 is 5.32 Å². The summed E-state index contributed by atoms with van der Waals surface area (Å²) in [5.41, 5.74) is 1.16. The van der Waals surface area contributed by atoms with E-state index in [4.69, 9.17) is 5.11 Å². The number of carboxylic acids is 1. The highest BCUT2D eigenvalue weighted by Gasteiger charge is 2.35. The van der Waals surface area contributed by atoms with E-state index < -0.39 is 5.97 Å². The maximum absolute atomic E-state index is 11.9. The third-order valence-corrected chi connectivity index (χ3v) is 3.44. The maximum Gasteiger partial charge on any atom is 0.306 e. The van der Waals surface area contributed by atoms with Crippen molar-refractivity contribution < 1.29 is 14.7 Å². The number of aromatic amines is 1. The number of nitrogens with zero attached hydrogens (tertiary/aromatic N) is 1. The Hall–Kier alpha value is -1.85. The number of hydrogen-bond acceptors (Lipinski definition) is 3. The van der Waals surface area contributed by atoms with Crippen LogP contribution in [-0.2, 0) is 10.2 Å². The molecule has 1 amide bonds. The Kier molecular flexibility index (Phi) is 3.34. The molecule has 6 nitrogen and oxygen atoms in total. The number of rotatable bonds is 3. The van der Waals surface area contributed by atoms with E-state index in [1.165, 1.54) is 0 Å². The largest absolute Gasteiger partial charge is 0.481 e. The number of aromatic nitrogens is 2. The van der Waals surface area contributed by atoms with Crippen LogP contribution in [0.5, 0.6) is 0 Å². The van der Waals surface area contributed by atoms with Crippen molar-refractivity contribution in [2.24, 2.45) is 5.92 Å². The van der Waals surface area contributed by atoms with Gasteiger partial charge in [-0.2, -0.15) is 5.10 Å². The molecule has 3 N–H and O–H groups in total. The van der Waals surface area contributed by atoms with Gasteiger partial charge in [-0.05, 0) is 18.9 Å². The number of aliphatic carboxylic acids is 1. The van der Waals surface area contributed by atoms with Crippen molar-refractivity contribution in [2.75, 3.05) is 0 Å². The zero-order chi connectivity index (χ0) is 14.2. The summed E-state index contributed by atoms with van der Waals surface area (Å²) in [6.45, 7) is 6.10. The number of hydrogen-bond donors (Lipinski definition) is 3. The summed E-state index contributed by atoms with van der Waals surface area (Å²) >= 11 is 0. The molecular formula is C13H19N3O3.